The van der Waals surface area contributed by atoms with E-state index in [2.05, 4.69) is 11.4 Å². The number of rotatable bonds is 1. The predicted molar refractivity (Wildman–Crippen MR) is 72.5 cm³/mol. The molecule has 3 nitrogen and oxygen atoms in total. The van der Waals surface area contributed by atoms with Gasteiger partial charge in [0.2, 0.25) is 0 Å². The maximum atomic E-state index is 9.66. The zero-order valence-corrected chi connectivity index (χ0v) is 10.1. The molecule has 0 spiro atoms. The number of nitrogens with one attached hydrogen (secondary N) is 1. The standard InChI is InChI=1S/C15H16N2O/c16-12-3-1-2-11(8-12)15-14-9-13(18)5-4-10(14)6-7-17-15/h1-5,8-9,15,17-18H,6-7,16H2. The van der Waals surface area contributed by atoms with Gasteiger partial charge in [-0.05, 0) is 47.4 Å². The number of nitrogens with two attached hydrogens (primary N) is 1. The van der Waals surface area contributed by atoms with Crippen molar-refractivity contribution in [2.45, 2.75) is 12.5 Å². The molecule has 1 unspecified atom stereocenters. The minimum Gasteiger partial charge on any atom is -0.508 e. The fraction of sp³-hybridized carbons (Fsp3) is 0.200. The molecule has 1 aliphatic heterocycles. The summed E-state index contributed by atoms with van der Waals surface area (Å²) in [6.45, 7) is 0.942. The second kappa shape index (κ2) is 4.35. The van der Waals surface area contributed by atoms with Crippen molar-refractivity contribution in [1.29, 1.82) is 0 Å². The third kappa shape index (κ3) is 1.93. The van der Waals surface area contributed by atoms with Crippen LogP contribution in [0.3, 0.4) is 0 Å². The molecule has 3 rings (SSSR count). The molecule has 0 aromatic heterocycles. The number of nitrogen functional groups attached to an aromatic ring is 1. The molecule has 0 fully saturated rings. The van der Waals surface area contributed by atoms with Crippen molar-refractivity contribution in [3.63, 3.8) is 0 Å². The zero-order valence-electron chi connectivity index (χ0n) is 10.1. The van der Waals surface area contributed by atoms with Crippen molar-refractivity contribution in [3.8, 4) is 5.75 Å². The van der Waals surface area contributed by atoms with E-state index in [-0.39, 0.29) is 6.04 Å². The van der Waals surface area contributed by atoms with E-state index in [1.807, 2.05) is 30.3 Å². The lowest BCUT2D eigenvalue weighted by molar-refractivity contribution is 0.470. The van der Waals surface area contributed by atoms with Gasteiger partial charge in [0, 0.05) is 12.2 Å². The van der Waals surface area contributed by atoms with E-state index in [9.17, 15) is 5.11 Å². The number of phenolic OH excluding ortho intramolecular Hbond substituents is 1. The van der Waals surface area contributed by atoms with Crippen molar-refractivity contribution in [1.82, 2.24) is 5.32 Å². The maximum Gasteiger partial charge on any atom is 0.115 e. The van der Waals surface area contributed by atoms with Gasteiger partial charge in [0.25, 0.3) is 0 Å². The first-order chi connectivity index (χ1) is 8.74. The Hall–Kier alpha value is -2.00. The summed E-state index contributed by atoms with van der Waals surface area (Å²) in [6, 6.07) is 13.6. The molecule has 0 saturated carbocycles. The van der Waals surface area contributed by atoms with Crippen molar-refractivity contribution < 1.29 is 5.11 Å². The number of benzene rings is 2. The SMILES string of the molecule is Nc1cccc(C2NCCc3ccc(O)cc32)c1. The quantitative estimate of drug-likeness (QED) is 0.670. The molecule has 1 atom stereocenters. The lowest BCUT2D eigenvalue weighted by atomic mass is 9.89. The molecule has 3 heteroatoms. The van der Waals surface area contributed by atoms with Crippen LogP contribution in [0.15, 0.2) is 42.5 Å². The highest BCUT2D eigenvalue weighted by atomic mass is 16.3. The van der Waals surface area contributed by atoms with Crippen LogP contribution in [0, 0.1) is 0 Å². The molecular weight excluding hydrogens is 224 g/mol. The van der Waals surface area contributed by atoms with Crippen LogP contribution in [-0.2, 0) is 6.42 Å². The van der Waals surface area contributed by atoms with Crippen LogP contribution in [0.4, 0.5) is 5.69 Å². The van der Waals surface area contributed by atoms with Gasteiger partial charge in [-0.25, -0.2) is 0 Å². The van der Waals surface area contributed by atoms with E-state index in [1.165, 1.54) is 5.56 Å². The lowest BCUT2D eigenvalue weighted by Gasteiger charge is -2.27. The number of aromatic hydroxyl groups is 1. The van der Waals surface area contributed by atoms with Crippen LogP contribution in [0.1, 0.15) is 22.7 Å². The number of anilines is 1. The second-order valence-electron chi connectivity index (χ2n) is 4.69. The van der Waals surface area contributed by atoms with Gasteiger partial charge >= 0.3 is 0 Å². The van der Waals surface area contributed by atoms with Gasteiger partial charge in [-0.1, -0.05) is 18.2 Å². The molecule has 2 aromatic carbocycles. The van der Waals surface area contributed by atoms with Crippen LogP contribution in [0.2, 0.25) is 0 Å². The van der Waals surface area contributed by atoms with Gasteiger partial charge in [0.1, 0.15) is 5.75 Å². The minimum atomic E-state index is 0.115. The summed E-state index contributed by atoms with van der Waals surface area (Å²) in [5, 5.41) is 13.1. The molecule has 0 aliphatic carbocycles. The van der Waals surface area contributed by atoms with Gasteiger partial charge in [-0.15, -0.1) is 0 Å². The molecule has 1 aliphatic rings. The first-order valence-electron chi connectivity index (χ1n) is 6.14. The second-order valence-corrected chi connectivity index (χ2v) is 4.69. The highest BCUT2D eigenvalue weighted by Gasteiger charge is 2.21. The summed E-state index contributed by atoms with van der Waals surface area (Å²) in [7, 11) is 0. The Morgan fingerprint density at radius 3 is 2.89 bits per heavy atom. The van der Waals surface area contributed by atoms with E-state index in [1.54, 1.807) is 6.07 Å². The molecular formula is C15H16N2O. The fourth-order valence-electron chi connectivity index (χ4n) is 2.58. The van der Waals surface area contributed by atoms with E-state index < -0.39 is 0 Å². The average molecular weight is 240 g/mol. The molecule has 92 valence electrons. The molecule has 1 heterocycles. The summed E-state index contributed by atoms with van der Waals surface area (Å²) in [5.74, 6) is 0.311. The summed E-state index contributed by atoms with van der Waals surface area (Å²) < 4.78 is 0. The van der Waals surface area contributed by atoms with Gasteiger partial charge in [-0.2, -0.15) is 0 Å². The molecule has 0 saturated heterocycles. The summed E-state index contributed by atoms with van der Waals surface area (Å²) >= 11 is 0. The first kappa shape index (κ1) is 11.1. The summed E-state index contributed by atoms with van der Waals surface area (Å²) in [4.78, 5) is 0. The Balaban J connectivity index is 2.08. The lowest BCUT2D eigenvalue weighted by Crippen LogP contribution is -2.30. The maximum absolute atomic E-state index is 9.66. The average Bonchev–Trinajstić information content (AvgIpc) is 2.38. The molecule has 0 bridgehead atoms. The number of hydrogen-bond acceptors (Lipinski definition) is 3. The van der Waals surface area contributed by atoms with E-state index in [0.29, 0.717) is 5.75 Å². The van der Waals surface area contributed by atoms with Gasteiger partial charge in [0.15, 0.2) is 0 Å². The Morgan fingerprint density at radius 1 is 1.17 bits per heavy atom. The summed E-state index contributed by atoms with van der Waals surface area (Å²) in [5.41, 5.74) is 10.2. The fourth-order valence-corrected chi connectivity index (χ4v) is 2.58. The van der Waals surface area contributed by atoms with Crippen LogP contribution >= 0.6 is 0 Å². The Labute approximate surface area is 106 Å². The first-order valence-corrected chi connectivity index (χ1v) is 6.14. The van der Waals surface area contributed by atoms with Crippen molar-refractivity contribution in [2.24, 2.45) is 0 Å². The van der Waals surface area contributed by atoms with Crippen molar-refractivity contribution in [3.05, 3.63) is 59.2 Å². The van der Waals surface area contributed by atoms with E-state index in [0.717, 1.165) is 29.8 Å². The molecule has 4 N–H and O–H groups in total. The van der Waals surface area contributed by atoms with E-state index >= 15 is 0 Å². The highest BCUT2D eigenvalue weighted by Crippen LogP contribution is 2.31. The normalized spacial score (nSPS) is 18.3. The summed E-state index contributed by atoms with van der Waals surface area (Å²) in [6.07, 6.45) is 0.994. The van der Waals surface area contributed by atoms with E-state index in [4.69, 9.17) is 5.73 Å². The van der Waals surface area contributed by atoms with Gasteiger partial charge < -0.3 is 16.2 Å². The predicted octanol–water partition coefficient (Wildman–Crippen LogP) is 2.21. The molecule has 18 heavy (non-hydrogen) atoms. The van der Waals surface area contributed by atoms with Gasteiger partial charge in [0.05, 0.1) is 6.04 Å². The van der Waals surface area contributed by atoms with Crippen LogP contribution in [0.25, 0.3) is 0 Å². The number of hydrogen-bond donors (Lipinski definition) is 3. The van der Waals surface area contributed by atoms with Crippen molar-refractivity contribution >= 4 is 5.69 Å². The molecule has 0 amide bonds. The van der Waals surface area contributed by atoms with Crippen LogP contribution < -0.4 is 11.1 Å². The molecule has 2 aromatic rings. The molecule has 0 radical (unpaired) electrons. The highest BCUT2D eigenvalue weighted by molar-refractivity contribution is 5.48. The Morgan fingerprint density at radius 2 is 2.06 bits per heavy atom. The zero-order chi connectivity index (χ0) is 12.5. The minimum absolute atomic E-state index is 0.115. The van der Waals surface area contributed by atoms with Gasteiger partial charge in [-0.3, -0.25) is 0 Å². The third-order valence-corrected chi connectivity index (χ3v) is 3.43. The Kier molecular flexibility index (Phi) is 2.68. The monoisotopic (exact) mass is 240 g/mol. The topological polar surface area (TPSA) is 58.3 Å². The third-order valence-electron chi connectivity index (χ3n) is 3.43. The number of fused-ring (bicyclic) bond motifs is 1. The van der Waals surface area contributed by atoms with Crippen LogP contribution in [-0.4, -0.2) is 11.7 Å². The largest absolute Gasteiger partial charge is 0.508 e. The van der Waals surface area contributed by atoms with Crippen LogP contribution in [0.5, 0.6) is 5.75 Å². The smallest absolute Gasteiger partial charge is 0.115 e. The number of phenols is 1. The van der Waals surface area contributed by atoms with Crippen molar-refractivity contribution in [2.75, 3.05) is 12.3 Å². The Bertz CT molecular complexity index is 580.